The number of fused-ring (bicyclic) bond motifs is 1. The Hall–Kier alpha value is -3.40. The third-order valence-corrected chi connectivity index (χ3v) is 5.19. The monoisotopic (exact) mass is 383 g/mol. The van der Waals surface area contributed by atoms with Crippen LogP contribution in [-0.4, -0.2) is 36.7 Å². The SMILES string of the molecule is O=C(Nc1ncc2n(c1=O)[C@H](C(=O)O)CC2)c1nnc(-c2ccccc2)s1. The van der Waals surface area contributed by atoms with Crippen LogP contribution in [-0.2, 0) is 11.2 Å². The van der Waals surface area contributed by atoms with Gasteiger partial charge in [0.15, 0.2) is 5.82 Å². The summed E-state index contributed by atoms with van der Waals surface area (Å²) in [6.45, 7) is 0. The van der Waals surface area contributed by atoms with Gasteiger partial charge in [-0.2, -0.15) is 0 Å². The number of carboxylic acids is 1. The van der Waals surface area contributed by atoms with Gasteiger partial charge in [-0.05, 0) is 12.8 Å². The first kappa shape index (κ1) is 17.0. The highest BCUT2D eigenvalue weighted by Crippen LogP contribution is 2.25. The molecule has 0 bridgehead atoms. The summed E-state index contributed by atoms with van der Waals surface area (Å²) in [7, 11) is 0. The molecule has 0 radical (unpaired) electrons. The van der Waals surface area contributed by atoms with Crippen LogP contribution < -0.4 is 10.9 Å². The second kappa shape index (κ2) is 6.72. The molecular weight excluding hydrogens is 370 g/mol. The summed E-state index contributed by atoms with van der Waals surface area (Å²) >= 11 is 1.09. The number of nitrogens with one attached hydrogen (secondary N) is 1. The number of carbonyl (C=O) groups is 2. The summed E-state index contributed by atoms with van der Waals surface area (Å²) in [5.41, 5.74) is 0.723. The minimum absolute atomic E-state index is 0.0790. The van der Waals surface area contributed by atoms with Crippen LogP contribution in [0.4, 0.5) is 5.82 Å². The second-order valence-electron chi connectivity index (χ2n) is 5.90. The highest BCUT2D eigenvalue weighted by molar-refractivity contribution is 7.16. The van der Waals surface area contributed by atoms with Crippen molar-refractivity contribution in [2.24, 2.45) is 0 Å². The van der Waals surface area contributed by atoms with E-state index < -0.39 is 23.5 Å². The summed E-state index contributed by atoms with van der Waals surface area (Å²) in [5.74, 6) is -1.94. The zero-order valence-corrected chi connectivity index (χ0v) is 14.6. The molecule has 9 nitrogen and oxygen atoms in total. The van der Waals surface area contributed by atoms with Crippen LogP contribution in [0.2, 0.25) is 0 Å². The Bertz CT molecular complexity index is 1090. The molecule has 27 heavy (non-hydrogen) atoms. The molecule has 4 rings (SSSR count). The standard InChI is InChI=1S/C17H13N5O4S/c23-13(15-21-20-14(27-15)9-4-2-1-3-5-9)19-12-16(24)22-10(8-18-12)6-7-11(22)17(25)26/h1-5,8,11H,6-7H2,(H,25,26)(H,18,19,23)/t11-/m0/s1. The van der Waals surface area contributed by atoms with E-state index >= 15 is 0 Å². The van der Waals surface area contributed by atoms with Crippen LogP contribution in [0.3, 0.4) is 0 Å². The molecule has 1 aromatic carbocycles. The third-order valence-electron chi connectivity index (χ3n) is 4.22. The largest absolute Gasteiger partial charge is 0.480 e. The van der Waals surface area contributed by atoms with Crippen LogP contribution in [0.1, 0.15) is 28.0 Å². The highest BCUT2D eigenvalue weighted by Gasteiger charge is 2.30. The molecule has 0 saturated carbocycles. The maximum atomic E-state index is 12.6. The van der Waals surface area contributed by atoms with Gasteiger partial charge in [-0.1, -0.05) is 41.7 Å². The molecular formula is C17H13N5O4S. The Morgan fingerprint density at radius 2 is 2.00 bits per heavy atom. The Morgan fingerprint density at radius 1 is 1.22 bits per heavy atom. The normalized spacial score (nSPS) is 15.3. The molecule has 0 fully saturated rings. The van der Waals surface area contributed by atoms with E-state index in [-0.39, 0.29) is 10.8 Å². The molecule has 0 aliphatic carbocycles. The zero-order valence-electron chi connectivity index (χ0n) is 13.8. The van der Waals surface area contributed by atoms with E-state index in [4.69, 9.17) is 0 Å². The number of aromatic nitrogens is 4. The van der Waals surface area contributed by atoms with Crippen LogP contribution in [0.15, 0.2) is 41.3 Å². The molecule has 0 saturated heterocycles. The fourth-order valence-corrected chi connectivity index (χ4v) is 3.68. The van der Waals surface area contributed by atoms with E-state index in [2.05, 4.69) is 20.5 Å². The fourth-order valence-electron chi connectivity index (χ4n) is 2.93. The number of amides is 1. The molecule has 0 unspecified atom stereocenters. The van der Waals surface area contributed by atoms with Crippen molar-refractivity contribution in [3.05, 3.63) is 57.6 Å². The number of aryl methyl sites for hydroxylation is 1. The van der Waals surface area contributed by atoms with Gasteiger partial charge in [0, 0.05) is 17.5 Å². The molecule has 2 N–H and O–H groups in total. The quantitative estimate of drug-likeness (QED) is 0.700. The Morgan fingerprint density at radius 3 is 2.74 bits per heavy atom. The van der Waals surface area contributed by atoms with Crippen molar-refractivity contribution >= 4 is 29.0 Å². The average Bonchev–Trinajstić information content (AvgIpc) is 3.32. The summed E-state index contributed by atoms with van der Waals surface area (Å²) in [4.78, 5) is 40.3. The summed E-state index contributed by atoms with van der Waals surface area (Å²) in [5, 5.41) is 20.2. The molecule has 1 atom stereocenters. The summed E-state index contributed by atoms with van der Waals surface area (Å²) in [6, 6.07) is 8.33. The van der Waals surface area contributed by atoms with Gasteiger partial charge < -0.3 is 5.11 Å². The predicted molar refractivity (Wildman–Crippen MR) is 96.8 cm³/mol. The number of hydrogen-bond acceptors (Lipinski definition) is 7. The lowest BCUT2D eigenvalue weighted by atomic mass is 10.2. The Labute approximate surface area is 156 Å². The van der Waals surface area contributed by atoms with Crippen LogP contribution >= 0.6 is 11.3 Å². The average molecular weight is 383 g/mol. The van der Waals surface area contributed by atoms with E-state index in [1.54, 1.807) is 0 Å². The lowest BCUT2D eigenvalue weighted by Crippen LogP contribution is -2.31. The van der Waals surface area contributed by atoms with Gasteiger partial charge in [-0.3, -0.25) is 19.5 Å². The molecule has 1 aliphatic heterocycles. The van der Waals surface area contributed by atoms with E-state index in [9.17, 15) is 19.5 Å². The van der Waals surface area contributed by atoms with E-state index in [0.29, 0.717) is 23.5 Å². The van der Waals surface area contributed by atoms with Crippen molar-refractivity contribution in [3.63, 3.8) is 0 Å². The molecule has 0 spiro atoms. The first-order valence-corrected chi connectivity index (χ1v) is 8.89. The number of aliphatic carboxylic acids is 1. The van der Waals surface area contributed by atoms with Gasteiger partial charge in [0.2, 0.25) is 5.01 Å². The predicted octanol–water partition coefficient (Wildman–Crippen LogP) is 1.59. The highest BCUT2D eigenvalue weighted by atomic mass is 32.1. The number of carboxylic acid groups (broad SMARTS) is 1. The fraction of sp³-hybridized carbons (Fsp3) is 0.176. The number of carbonyl (C=O) groups excluding carboxylic acids is 1. The van der Waals surface area contributed by atoms with Crippen molar-refractivity contribution in [1.82, 2.24) is 19.7 Å². The molecule has 1 aliphatic rings. The van der Waals surface area contributed by atoms with Gasteiger partial charge in [0.1, 0.15) is 11.0 Å². The lowest BCUT2D eigenvalue weighted by molar-refractivity contribution is -0.140. The first-order valence-electron chi connectivity index (χ1n) is 8.08. The number of nitrogens with zero attached hydrogens (tertiary/aromatic N) is 4. The van der Waals surface area contributed by atoms with Gasteiger partial charge in [0.25, 0.3) is 11.5 Å². The minimum Gasteiger partial charge on any atom is -0.480 e. The minimum atomic E-state index is -1.09. The zero-order chi connectivity index (χ0) is 19.0. The molecule has 136 valence electrons. The van der Waals surface area contributed by atoms with Crippen LogP contribution in [0.5, 0.6) is 0 Å². The van der Waals surface area contributed by atoms with Gasteiger partial charge >= 0.3 is 5.97 Å². The second-order valence-corrected chi connectivity index (χ2v) is 6.88. The van der Waals surface area contributed by atoms with Crippen molar-refractivity contribution in [1.29, 1.82) is 0 Å². The van der Waals surface area contributed by atoms with E-state index in [1.165, 1.54) is 10.8 Å². The van der Waals surface area contributed by atoms with Crippen molar-refractivity contribution in [3.8, 4) is 10.6 Å². The van der Waals surface area contributed by atoms with Crippen molar-refractivity contribution < 1.29 is 14.7 Å². The van der Waals surface area contributed by atoms with Crippen LogP contribution in [0, 0.1) is 0 Å². The maximum Gasteiger partial charge on any atom is 0.326 e. The molecule has 10 heteroatoms. The van der Waals surface area contributed by atoms with Crippen molar-refractivity contribution in [2.75, 3.05) is 5.32 Å². The summed E-state index contributed by atoms with van der Waals surface area (Å²) < 4.78 is 1.17. The Balaban J connectivity index is 1.60. The molecule has 3 heterocycles. The van der Waals surface area contributed by atoms with E-state index in [1.807, 2.05) is 30.3 Å². The van der Waals surface area contributed by atoms with Gasteiger partial charge in [-0.15, -0.1) is 10.2 Å². The number of hydrogen-bond donors (Lipinski definition) is 2. The van der Waals surface area contributed by atoms with E-state index in [0.717, 1.165) is 16.9 Å². The maximum absolute atomic E-state index is 12.6. The lowest BCUT2D eigenvalue weighted by Gasteiger charge is -2.11. The van der Waals surface area contributed by atoms with Crippen LogP contribution in [0.25, 0.3) is 10.6 Å². The Kier molecular flexibility index (Phi) is 4.24. The molecule has 2 aromatic heterocycles. The molecule has 3 aromatic rings. The smallest absolute Gasteiger partial charge is 0.326 e. The summed E-state index contributed by atoms with van der Waals surface area (Å²) in [6.07, 6.45) is 2.18. The number of rotatable bonds is 4. The number of anilines is 1. The third kappa shape index (κ3) is 3.10. The van der Waals surface area contributed by atoms with Crippen molar-refractivity contribution in [2.45, 2.75) is 18.9 Å². The number of benzene rings is 1. The first-order chi connectivity index (χ1) is 13.0. The topological polar surface area (TPSA) is 127 Å². The molecule has 1 amide bonds. The van der Waals surface area contributed by atoms with Gasteiger partial charge in [0.05, 0.1) is 0 Å². The van der Waals surface area contributed by atoms with Gasteiger partial charge in [-0.25, -0.2) is 9.78 Å².